The number of ether oxygens (including phenoxy) is 1. The van der Waals surface area contributed by atoms with Crippen molar-refractivity contribution >= 4 is 32.3 Å². The van der Waals surface area contributed by atoms with Crippen molar-refractivity contribution < 1.29 is 21.6 Å². The summed E-state index contributed by atoms with van der Waals surface area (Å²) in [6.07, 6.45) is 0.823. The zero-order valence-electron chi connectivity index (χ0n) is 15.2. The van der Waals surface area contributed by atoms with Crippen molar-refractivity contribution in [2.24, 2.45) is 5.14 Å². The van der Waals surface area contributed by atoms with Gasteiger partial charge in [-0.15, -0.1) is 0 Å². The van der Waals surface area contributed by atoms with Gasteiger partial charge in [0, 0.05) is 6.42 Å². The van der Waals surface area contributed by atoms with E-state index in [1.165, 1.54) is 18.2 Å². The minimum absolute atomic E-state index is 0.0226. The number of benzene rings is 3. The number of nitrogens with zero attached hydrogens (tertiary/aromatic N) is 1. The first-order valence-corrected chi connectivity index (χ1v) is 11.4. The van der Waals surface area contributed by atoms with E-state index in [0.29, 0.717) is 12.3 Å². The van der Waals surface area contributed by atoms with E-state index < -0.39 is 20.9 Å². The van der Waals surface area contributed by atoms with Crippen molar-refractivity contribution in [3.05, 3.63) is 72.3 Å². The van der Waals surface area contributed by atoms with Crippen molar-refractivity contribution in [3.8, 4) is 16.9 Å². The number of sulfonamides is 1. The molecule has 9 heteroatoms. The first-order valence-electron chi connectivity index (χ1n) is 8.77. The number of anilines is 2. The van der Waals surface area contributed by atoms with Crippen LogP contribution >= 0.6 is 0 Å². The Morgan fingerprint density at radius 3 is 2.45 bits per heavy atom. The van der Waals surface area contributed by atoms with E-state index in [4.69, 9.17) is 9.88 Å². The molecular weight excluding hydrogens is 412 g/mol. The molecule has 0 saturated heterocycles. The minimum atomic E-state index is -4.11. The second-order valence-electron chi connectivity index (χ2n) is 6.53. The summed E-state index contributed by atoms with van der Waals surface area (Å²) in [6, 6.07) is 18.4. The maximum Gasteiger partial charge on any atom is 0.240 e. The summed E-state index contributed by atoms with van der Waals surface area (Å²) in [5.74, 6) is 0.858. The Bertz CT molecular complexity index is 1260. The second-order valence-corrected chi connectivity index (χ2v) is 8.94. The normalized spacial score (nSPS) is 13.2. The Kier molecular flexibility index (Phi) is 5.03. The van der Waals surface area contributed by atoms with Crippen LogP contribution in [0.4, 0.5) is 11.4 Å². The molecule has 0 saturated carbocycles. The summed E-state index contributed by atoms with van der Waals surface area (Å²) in [4.78, 5) is -0.265. The van der Waals surface area contributed by atoms with E-state index in [1.807, 2.05) is 24.3 Å². The van der Waals surface area contributed by atoms with Gasteiger partial charge in [-0.1, -0.05) is 30.3 Å². The lowest BCUT2D eigenvalue weighted by Gasteiger charge is -2.21. The van der Waals surface area contributed by atoms with Crippen LogP contribution in [0.1, 0.15) is 5.56 Å². The van der Waals surface area contributed by atoms with E-state index in [1.54, 1.807) is 24.3 Å². The molecule has 0 amide bonds. The molecule has 3 aromatic rings. The van der Waals surface area contributed by atoms with Gasteiger partial charge in [0.15, 0.2) is 0 Å². The van der Waals surface area contributed by atoms with Crippen LogP contribution in [-0.4, -0.2) is 23.4 Å². The smallest absolute Gasteiger partial charge is 0.240 e. The van der Waals surface area contributed by atoms with E-state index in [-0.39, 0.29) is 10.6 Å². The Morgan fingerprint density at radius 2 is 1.69 bits per heavy atom. The largest absolute Gasteiger partial charge is 0.493 e. The third-order valence-electron chi connectivity index (χ3n) is 4.68. The monoisotopic (exact) mass is 430 g/mol. The molecule has 4 rings (SSSR count). The van der Waals surface area contributed by atoms with Gasteiger partial charge in [-0.25, -0.2) is 26.3 Å². The molecule has 0 unspecified atom stereocenters. The molecule has 0 aliphatic carbocycles. The summed E-state index contributed by atoms with van der Waals surface area (Å²) in [7, 11) is -7.28. The first kappa shape index (κ1) is 19.4. The highest BCUT2D eigenvalue weighted by Gasteiger charge is 2.22. The Morgan fingerprint density at radius 1 is 0.931 bits per heavy atom. The van der Waals surface area contributed by atoms with Crippen LogP contribution in [0.15, 0.2) is 71.6 Å². The summed E-state index contributed by atoms with van der Waals surface area (Å²) in [5.41, 5.74) is 3.10. The van der Waals surface area contributed by atoms with Crippen molar-refractivity contribution in [2.75, 3.05) is 10.9 Å². The van der Waals surface area contributed by atoms with Crippen LogP contribution in [0.3, 0.4) is 0 Å². The van der Waals surface area contributed by atoms with Crippen LogP contribution in [0.2, 0.25) is 0 Å². The highest BCUT2D eigenvalue weighted by molar-refractivity contribution is 7.89. The number of para-hydroxylation sites is 1. The highest BCUT2D eigenvalue weighted by Crippen LogP contribution is 2.35. The van der Waals surface area contributed by atoms with Gasteiger partial charge in [0.1, 0.15) is 10.6 Å². The van der Waals surface area contributed by atoms with E-state index in [2.05, 4.69) is 0 Å². The molecule has 0 radical (unpaired) electrons. The predicted molar refractivity (Wildman–Crippen MR) is 111 cm³/mol. The number of hydrogen-bond acceptors (Lipinski definition) is 5. The fraction of sp³-hybridized carbons (Fsp3) is 0.100. The molecule has 0 aromatic heterocycles. The lowest BCUT2D eigenvalue weighted by molar-refractivity contribution is 0.357. The van der Waals surface area contributed by atoms with Crippen LogP contribution < -0.4 is 14.2 Å². The van der Waals surface area contributed by atoms with Crippen molar-refractivity contribution in [2.45, 2.75) is 11.3 Å². The maximum absolute atomic E-state index is 12.1. The first-order chi connectivity index (χ1) is 13.8. The molecule has 1 aliphatic heterocycles. The summed E-state index contributed by atoms with van der Waals surface area (Å²) in [6.45, 7) is 0.646. The zero-order valence-corrected chi connectivity index (χ0v) is 16.9. The standard InChI is InChI=1S/C20H18N2O5S2/c21-29(25,26)20-7-2-1-6-18(20)22(28(23)24)17-5-3-4-14(13-17)15-8-9-19-16(12-15)10-11-27-19/h1-9,12-13,28H,10-11H2,(H2,21,25,26). The van der Waals surface area contributed by atoms with Crippen LogP contribution in [0.25, 0.3) is 11.1 Å². The second kappa shape index (κ2) is 7.51. The van der Waals surface area contributed by atoms with Crippen LogP contribution in [0, 0.1) is 0 Å². The van der Waals surface area contributed by atoms with Gasteiger partial charge in [-0.05, 0) is 53.1 Å². The average Bonchev–Trinajstić information content (AvgIpc) is 3.15. The van der Waals surface area contributed by atoms with Gasteiger partial charge in [-0.3, -0.25) is 0 Å². The average molecular weight is 431 g/mol. The van der Waals surface area contributed by atoms with Crippen molar-refractivity contribution in [1.29, 1.82) is 0 Å². The molecular formula is C20H18N2O5S2. The number of thiol groups is 1. The fourth-order valence-electron chi connectivity index (χ4n) is 3.38. The Labute approximate surface area is 170 Å². The number of rotatable bonds is 5. The number of primary sulfonamides is 1. The predicted octanol–water partition coefficient (Wildman–Crippen LogP) is 2.60. The molecule has 0 bridgehead atoms. The number of fused-ring (bicyclic) bond motifs is 1. The SMILES string of the molecule is NS(=O)(=O)c1ccccc1N(c1cccc(-c2ccc3c(c2)CCO3)c1)[SH](=O)=O. The molecule has 7 nitrogen and oxygen atoms in total. The molecule has 0 fully saturated rings. The van der Waals surface area contributed by atoms with Crippen LogP contribution in [0.5, 0.6) is 5.75 Å². The van der Waals surface area contributed by atoms with Gasteiger partial charge in [0.25, 0.3) is 0 Å². The van der Waals surface area contributed by atoms with Gasteiger partial charge in [0.05, 0.1) is 18.0 Å². The van der Waals surface area contributed by atoms with Crippen molar-refractivity contribution in [3.63, 3.8) is 0 Å². The van der Waals surface area contributed by atoms with Gasteiger partial charge in [0.2, 0.25) is 20.9 Å². The third-order valence-corrected chi connectivity index (χ3v) is 6.41. The van der Waals surface area contributed by atoms with Gasteiger partial charge >= 0.3 is 0 Å². The molecule has 1 heterocycles. The molecule has 3 aromatic carbocycles. The molecule has 2 N–H and O–H groups in total. The lowest BCUT2D eigenvalue weighted by atomic mass is 10.0. The molecule has 29 heavy (non-hydrogen) atoms. The zero-order chi connectivity index (χ0) is 20.6. The Hall–Kier alpha value is -2.88. The highest BCUT2D eigenvalue weighted by atomic mass is 32.2. The molecule has 0 atom stereocenters. The summed E-state index contributed by atoms with van der Waals surface area (Å²) < 4.78 is 54.6. The molecule has 0 spiro atoms. The number of nitrogens with two attached hydrogens (primary N) is 1. The quantitative estimate of drug-likeness (QED) is 0.605. The van der Waals surface area contributed by atoms with E-state index in [9.17, 15) is 16.8 Å². The van der Waals surface area contributed by atoms with E-state index >= 15 is 0 Å². The van der Waals surface area contributed by atoms with Crippen LogP contribution in [-0.2, 0) is 27.3 Å². The van der Waals surface area contributed by atoms with E-state index in [0.717, 1.165) is 33.2 Å². The van der Waals surface area contributed by atoms with Crippen molar-refractivity contribution in [1.82, 2.24) is 0 Å². The Balaban J connectivity index is 1.83. The molecule has 150 valence electrons. The topological polar surface area (TPSA) is 107 Å². The van der Waals surface area contributed by atoms with Gasteiger partial charge in [-0.2, -0.15) is 0 Å². The lowest BCUT2D eigenvalue weighted by Crippen LogP contribution is -2.20. The van der Waals surface area contributed by atoms with Gasteiger partial charge < -0.3 is 4.74 Å². The summed E-state index contributed by atoms with van der Waals surface area (Å²) >= 11 is 0. The molecule has 1 aliphatic rings. The number of hydrogen-bond donors (Lipinski definition) is 2. The maximum atomic E-state index is 12.1. The minimum Gasteiger partial charge on any atom is -0.493 e. The fourth-order valence-corrected chi connectivity index (χ4v) is 4.83. The summed E-state index contributed by atoms with van der Waals surface area (Å²) in [5, 5.41) is 5.28. The third kappa shape index (κ3) is 3.84.